The number of hydrogen-bond acceptors (Lipinski definition) is 2. The molecule has 0 saturated heterocycles. The highest BCUT2D eigenvalue weighted by Crippen LogP contribution is 2.53. The molecule has 0 fully saturated rings. The minimum Gasteiger partial charge on any atom is -0.293 e. The molecule has 0 bridgehead atoms. The van der Waals surface area contributed by atoms with Crippen molar-refractivity contribution in [1.29, 1.82) is 0 Å². The maximum atomic E-state index is 5.67. The van der Waals surface area contributed by atoms with Crippen molar-refractivity contribution in [2.45, 2.75) is 38.5 Å². The van der Waals surface area contributed by atoms with E-state index >= 15 is 0 Å². The van der Waals surface area contributed by atoms with Gasteiger partial charge in [-0.25, -0.2) is 9.97 Å². The van der Waals surface area contributed by atoms with Gasteiger partial charge in [0.05, 0.1) is 16.7 Å². The molecule has 2 aliphatic carbocycles. The van der Waals surface area contributed by atoms with Crippen LogP contribution in [-0.2, 0) is 10.8 Å². The molecule has 51 heavy (non-hydrogen) atoms. The molecule has 0 amide bonds. The minimum atomic E-state index is -0.308. The predicted molar refractivity (Wildman–Crippen MR) is 212 cm³/mol. The molecule has 0 radical (unpaired) electrons. The summed E-state index contributed by atoms with van der Waals surface area (Å²) in [5, 5.41) is 7.36. The summed E-state index contributed by atoms with van der Waals surface area (Å²) < 4.78 is 2.44. The van der Waals surface area contributed by atoms with Crippen molar-refractivity contribution in [3.63, 3.8) is 0 Å². The molecule has 0 aliphatic heterocycles. The lowest BCUT2D eigenvalue weighted by atomic mass is 9.82. The minimum absolute atomic E-state index is 0.0636. The number of benzene rings is 7. The van der Waals surface area contributed by atoms with Crippen molar-refractivity contribution in [1.82, 2.24) is 14.5 Å². The molecule has 3 heteroatoms. The van der Waals surface area contributed by atoms with E-state index in [1.54, 1.807) is 0 Å². The number of hydrogen-bond donors (Lipinski definition) is 0. The summed E-state index contributed by atoms with van der Waals surface area (Å²) in [6.45, 7) is 9.32. The van der Waals surface area contributed by atoms with Crippen molar-refractivity contribution >= 4 is 43.4 Å². The van der Waals surface area contributed by atoms with Crippen LogP contribution in [0, 0.1) is 0 Å². The fourth-order valence-corrected chi connectivity index (χ4v) is 9.35. The van der Waals surface area contributed by atoms with E-state index in [-0.39, 0.29) is 10.8 Å². The largest absolute Gasteiger partial charge is 0.293 e. The van der Waals surface area contributed by atoms with Crippen molar-refractivity contribution < 1.29 is 0 Å². The van der Waals surface area contributed by atoms with E-state index in [2.05, 4.69) is 172 Å². The van der Waals surface area contributed by atoms with Gasteiger partial charge < -0.3 is 0 Å². The summed E-state index contributed by atoms with van der Waals surface area (Å²) in [6.07, 6.45) is 0. The number of aromatic nitrogens is 3. The van der Waals surface area contributed by atoms with Gasteiger partial charge in [-0.3, -0.25) is 4.57 Å². The van der Waals surface area contributed by atoms with Crippen LogP contribution in [0.2, 0.25) is 0 Å². The molecule has 9 aromatic rings. The fraction of sp³-hybridized carbons (Fsp3) is 0.125. The van der Waals surface area contributed by atoms with Crippen molar-refractivity contribution in [2.24, 2.45) is 0 Å². The van der Waals surface area contributed by atoms with Crippen LogP contribution in [0.15, 0.2) is 140 Å². The second kappa shape index (κ2) is 9.80. The van der Waals surface area contributed by atoms with E-state index < -0.39 is 0 Å². The first-order valence-electron chi connectivity index (χ1n) is 17.9. The summed E-state index contributed by atoms with van der Waals surface area (Å²) in [6, 6.07) is 51.3. The Balaban J connectivity index is 1.27. The maximum absolute atomic E-state index is 5.67. The zero-order valence-corrected chi connectivity index (χ0v) is 29.1. The highest BCUT2D eigenvalue weighted by atomic mass is 15.1. The molecule has 0 atom stereocenters. The van der Waals surface area contributed by atoms with Crippen LogP contribution in [0.4, 0.5) is 0 Å². The first-order valence-corrected chi connectivity index (χ1v) is 17.9. The molecule has 0 N–H and O–H groups in total. The summed E-state index contributed by atoms with van der Waals surface area (Å²) in [4.78, 5) is 11.2. The Morgan fingerprint density at radius 1 is 0.451 bits per heavy atom. The van der Waals surface area contributed by atoms with Crippen molar-refractivity contribution in [3.8, 4) is 39.6 Å². The van der Waals surface area contributed by atoms with Gasteiger partial charge in [0.2, 0.25) is 0 Å². The highest BCUT2D eigenvalue weighted by molar-refractivity contribution is 6.16. The van der Waals surface area contributed by atoms with Gasteiger partial charge in [-0.1, -0.05) is 137 Å². The molecule has 2 aliphatic rings. The molecule has 242 valence electrons. The fourth-order valence-electron chi connectivity index (χ4n) is 9.35. The third kappa shape index (κ3) is 3.78. The van der Waals surface area contributed by atoms with Crippen molar-refractivity contribution in [3.05, 3.63) is 162 Å². The van der Waals surface area contributed by atoms with Gasteiger partial charge in [-0.15, -0.1) is 0 Å². The maximum Gasteiger partial charge on any atom is 0.162 e. The molecule has 3 nitrogen and oxygen atoms in total. The Labute approximate surface area is 296 Å². The van der Waals surface area contributed by atoms with Gasteiger partial charge in [-0.2, -0.15) is 0 Å². The molecule has 0 saturated carbocycles. The topological polar surface area (TPSA) is 30.7 Å². The van der Waals surface area contributed by atoms with Gasteiger partial charge in [0.25, 0.3) is 0 Å². The molecule has 0 spiro atoms. The first-order chi connectivity index (χ1) is 24.8. The summed E-state index contributed by atoms with van der Waals surface area (Å²) in [7, 11) is 0. The van der Waals surface area contributed by atoms with Crippen LogP contribution in [-0.4, -0.2) is 14.5 Å². The van der Waals surface area contributed by atoms with Gasteiger partial charge >= 0.3 is 0 Å². The molecule has 2 aromatic heterocycles. The van der Waals surface area contributed by atoms with Gasteiger partial charge in [0.15, 0.2) is 5.82 Å². The molecule has 7 aromatic carbocycles. The van der Waals surface area contributed by atoms with Crippen LogP contribution in [0.1, 0.15) is 49.9 Å². The predicted octanol–water partition coefficient (Wildman–Crippen LogP) is 12.2. The Kier molecular flexibility index (Phi) is 5.52. The third-order valence-electron chi connectivity index (χ3n) is 11.9. The number of nitrogens with zero attached hydrogens (tertiary/aromatic N) is 3. The van der Waals surface area contributed by atoms with Crippen LogP contribution < -0.4 is 0 Å². The Morgan fingerprint density at radius 2 is 0.961 bits per heavy atom. The van der Waals surface area contributed by atoms with Crippen molar-refractivity contribution in [2.75, 3.05) is 0 Å². The molecular formula is C48H35N3. The zero-order chi connectivity index (χ0) is 34.2. The van der Waals surface area contributed by atoms with E-state index in [0.29, 0.717) is 0 Å². The standard InChI is InChI=1S/C48H35N3/c1-47(2)38-19-11-9-17-33(38)35-25-32(21-22-40(35)47)45-49-44-34-18-10-12-20-39(34)48(3,4)43(44)46(50-45)51-41-26-30-15-7-5-13-28(30)23-36(41)37-24-29-14-6-8-16-31(29)27-42(37)51/h5-27H,1-4H3. The lowest BCUT2D eigenvalue weighted by Gasteiger charge is -2.25. The Hall–Kier alpha value is -6.06. The Morgan fingerprint density at radius 3 is 1.59 bits per heavy atom. The summed E-state index contributed by atoms with van der Waals surface area (Å²) in [5.74, 6) is 1.70. The van der Waals surface area contributed by atoms with E-state index in [4.69, 9.17) is 9.97 Å². The van der Waals surface area contributed by atoms with Gasteiger partial charge in [0, 0.05) is 38.3 Å². The lowest BCUT2D eigenvalue weighted by Crippen LogP contribution is -2.19. The van der Waals surface area contributed by atoms with E-state index in [0.717, 1.165) is 33.9 Å². The number of rotatable bonds is 2. The normalized spacial score (nSPS) is 15.0. The second-order valence-corrected chi connectivity index (χ2v) is 15.5. The molecule has 11 rings (SSSR count). The van der Waals surface area contributed by atoms with Crippen LogP contribution in [0.5, 0.6) is 0 Å². The molecule has 2 heterocycles. The van der Waals surface area contributed by atoms with E-state index in [1.165, 1.54) is 71.3 Å². The summed E-state index contributed by atoms with van der Waals surface area (Å²) >= 11 is 0. The zero-order valence-electron chi connectivity index (χ0n) is 29.1. The summed E-state index contributed by atoms with van der Waals surface area (Å²) in [5.41, 5.74) is 12.9. The Bertz CT molecular complexity index is 2880. The van der Waals surface area contributed by atoms with E-state index in [1.807, 2.05) is 0 Å². The second-order valence-electron chi connectivity index (χ2n) is 15.5. The quantitative estimate of drug-likeness (QED) is 0.186. The first kappa shape index (κ1) is 28.7. The van der Waals surface area contributed by atoms with E-state index in [9.17, 15) is 0 Å². The lowest BCUT2D eigenvalue weighted by molar-refractivity contribution is 0.650. The molecular weight excluding hydrogens is 619 g/mol. The molecule has 0 unspecified atom stereocenters. The number of fused-ring (bicyclic) bond motifs is 11. The third-order valence-corrected chi connectivity index (χ3v) is 11.9. The van der Waals surface area contributed by atoms with Crippen LogP contribution in [0.25, 0.3) is 82.9 Å². The van der Waals surface area contributed by atoms with Gasteiger partial charge in [0.1, 0.15) is 5.82 Å². The van der Waals surface area contributed by atoms with Gasteiger partial charge in [-0.05, 0) is 79.7 Å². The SMILES string of the molecule is CC1(C)c2ccccc2-c2cc(-c3nc4c(c(-n5c6cc7ccccc7cc6c6cc7ccccc7cc65)n3)C(C)(C)c3ccccc3-4)ccc21. The smallest absolute Gasteiger partial charge is 0.162 e. The van der Waals surface area contributed by atoms with Crippen LogP contribution >= 0.6 is 0 Å². The average molecular weight is 654 g/mol. The van der Waals surface area contributed by atoms with Crippen LogP contribution in [0.3, 0.4) is 0 Å². The highest BCUT2D eigenvalue weighted by Gasteiger charge is 2.41. The average Bonchev–Trinajstić information content (AvgIpc) is 3.68. The monoisotopic (exact) mass is 653 g/mol.